The first kappa shape index (κ1) is 20.0. The largest absolute Gasteiger partial charge is 0.497 e. The van der Waals surface area contributed by atoms with Gasteiger partial charge in [0.1, 0.15) is 5.75 Å². The first-order valence-electron chi connectivity index (χ1n) is 9.88. The van der Waals surface area contributed by atoms with Crippen molar-refractivity contribution in [3.8, 4) is 5.75 Å². The van der Waals surface area contributed by atoms with Gasteiger partial charge in [-0.1, -0.05) is 29.5 Å². The maximum Gasteiger partial charge on any atom is 0.222 e. The van der Waals surface area contributed by atoms with Crippen molar-refractivity contribution in [2.24, 2.45) is 0 Å². The van der Waals surface area contributed by atoms with Crippen LogP contribution in [0.2, 0.25) is 0 Å². The third-order valence-corrected chi connectivity index (χ3v) is 7.21. The highest BCUT2D eigenvalue weighted by molar-refractivity contribution is 7.99. The number of thioether (sulfide) groups is 1. The fourth-order valence-corrected chi connectivity index (χ4v) is 5.31. The number of methoxy groups -OCH3 is 1. The van der Waals surface area contributed by atoms with Crippen LogP contribution in [0.5, 0.6) is 5.75 Å². The van der Waals surface area contributed by atoms with Crippen molar-refractivity contribution < 1.29 is 9.53 Å². The molecule has 152 valence electrons. The molecule has 1 amide bonds. The van der Waals surface area contributed by atoms with E-state index in [-0.39, 0.29) is 5.91 Å². The number of benzene rings is 2. The van der Waals surface area contributed by atoms with Crippen molar-refractivity contribution in [3.05, 3.63) is 48.5 Å². The number of carbonyl (C=O) groups excluding carboxylic acids is 1. The average Bonchev–Trinajstić information content (AvgIpc) is 3.20. The van der Waals surface area contributed by atoms with Gasteiger partial charge >= 0.3 is 0 Å². The Morgan fingerprint density at radius 3 is 2.69 bits per heavy atom. The second kappa shape index (κ2) is 9.50. The minimum atomic E-state index is 0.271. The number of rotatable bonds is 7. The Balaban J connectivity index is 1.24. The minimum Gasteiger partial charge on any atom is -0.497 e. The third-order valence-electron chi connectivity index (χ3n) is 5.03. The zero-order chi connectivity index (χ0) is 20.1. The molecule has 0 aliphatic carbocycles. The zero-order valence-electron chi connectivity index (χ0n) is 16.5. The summed E-state index contributed by atoms with van der Waals surface area (Å²) in [4.78, 5) is 22.8. The lowest BCUT2D eigenvalue weighted by molar-refractivity contribution is -0.131. The van der Waals surface area contributed by atoms with Gasteiger partial charge in [-0.3, -0.25) is 4.79 Å². The highest BCUT2D eigenvalue weighted by atomic mass is 32.2. The Bertz CT molecular complexity index is 953. The number of amides is 1. The molecule has 0 N–H and O–H groups in total. The van der Waals surface area contributed by atoms with Crippen LogP contribution in [0, 0.1) is 0 Å². The normalized spacial score (nSPS) is 14.4. The number of thiazole rings is 1. The van der Waals surface area contributed by atoms with Crippen LogP contribution in [0.3, 0.4) is 0 Å². The first-order chi connectivity index (χ1) is 14.2. The average molecular weight is 428 g/mol. The fourth-order valence-electron chi connectivity index (χ4n) is 3.39. The van der Waals surface area contributed by atoms with E-state index in [1.807, 2.05) is 40.9 Å². The van der Waals surface area contributed by atoms with Gasteiger partial charge in [-0.25, -0.2) is 4.98 Å². The molecule has 7 heteroatoms. The second-order valence-corrected chi connectivity index (χ2v) is 9.14. The highest BCUT2D eigenvalue weighted by Gasteiger charge is 2.22. The number of anilines is 1. The second-order valence-electron chi connectivity index (χ2n) is 6.96. The van der Waals surface area contributed by atoms with E-state index in [4.69, 9.17) is 9.72 Å². The molecule has 1 aromatic heterocycles. The molecule has 1 fully saturated rings. The van der Waals surface area contributed by atoms with Gasteiger partial charge in [-0.15, -0.1) is 11.8 Å². The predicted molar refractivity (Wildman–Crippen MR) is 121 cm³/mol. The quantitative estimate of drug-likeness (QED) is 0.410. The minimum absolute atomic E-state index is 0.271. The van der Waals surface area contributed by atoms with E-state index in [0.29, 0.717) is 6.42 Å². The van der Waals surface area contributed by atoms with Crippen molar-refractivity contribution in [1.82, 2.24) is 9.88 Å². The molecule has 29 heavy (non-hydrogen) atoms. The summed E-state index contributed by atoms with van der Waals surface area (Å²) < 4.78 is 6.44. The number of aromatic nitrogens is 1. The summed E-state index contributed by atoms with van der Waals surface area (Å²) in [5.41, 5.74) is 1.00. The molecule has 0 unspecified atom stereocenters. The van der Waals surface area contributed by atoms with Crippen LogP contribution < -0.4 is 9.64 Å². The number of carbonyl (C=O) groups is 1. The molecule has 0 saturated carbocycles. The Morgan fingerprint density at radius 2 is 1.93 bits per heavy atom. The summed E-state index contributed by atoms with van der Waals surface area (Å²) in [5, 5.41) is 1.03. The lowest BCUT2D eigenvalue weighted by Gasteiger charge is -2.34. The van der Waals surface area contributed by atoms with E-state index in [2.05, 4.69) is 29.2 Å². The van der Waals surface area contributed by atoms with Crippen molar-refractivity contribution in [2.45, 2.75) is 17.7 Å². The Hall–Kier alpha value is -2.25. The summed E-state index contributed by atoms with van der Waals surface area (Å²) in [6, 6.07) is 16.3. The van der Waals surface area contributed by atoms with Crippen LogP contribution in [-0.4, -0.2) is 54.8 Å². The number of ether oxygens (including phenoxy) is 1. The van der Waals surface area contributed by atoms with Crippen LogP contribution in [0.25, 0.3) is 10.2 Å². The molecule has 1 aliphatic heterocycles. The molecule has 1 aliphatic rings. The van der Waals surface area contributed by atoms with Crippen LogP contribution in [0.15, 0.2) is 53.4 Å². The van der Waals surface area contributed by atoms with Crippen molar-refractivity contribution in [2.75, 3.05) is 43.9 Å². The molecule has 2 aromatic carbocycles. The van der Waals surface area contributed by atoms with Gasteiger partial charge in [-0.2, -0.15) is 0 Å². The molecule has 3 aromatic rings. The zero-order valence-corrected chi connectivity index (χ0v) is 18.2. The summed E-state index contributed by atoms with van der Waals surface area (Å²) in [7, 11) is 1.68. The van der Waals surface area contributed by atoms with Crippen LogP contribution in [0.4, 0.5) is 5.13 Å². The molecular weight excluding hydrogens is 402 g/mol. The van der Waals surface area contributed by atoms with E-state index in [1.54, 1.807) is 18.4 Å². The van der Waals surface area contributed by atoms with Gasteiger partial charge in [0.05, 0.1) is 17.3 Å². The van der Waals surface area contributed by atoms with Crippen molar-refractivity contribution in [1.29, 1.82) is 0 Å². The first-order valence-corrected chi connectivity index (χ1v) is 11.7. The van der Waals surface area contributed by atoms with E-state index >= 15 is 0 Å². The van der Waals surface area contributed by atoms with E-state index in [9.17, 15) is 4.79 Å². The lowest BCUT2D eigenvalue weighted by Crippen LogP contribution is -2.48. The molecule has 0 bridgehead atoms. The van der Waals surface area contributed by atoms with Gasteiger partial charge in [0.2, 0.25) is 5.91 Å². The number of piperazine rings is 1. The summed E-state index contributed by atoms with van der Waals surface area (Å²) in [5.74, 6) is 2.10. The molecule has 5 nitrogen and oxygen atoms in total. The number of hydrogen-bond acceptors (Lipinski definition) is 6. The SMILES string of the molecule is COc1ccc2nc(N3CCN(C(=O)CCCSc4ccccc4)CC3)sc2c1. The fraction of sp³-hybridized carbons (Fsp3) is 0.364. The summed E-state index contributed by atoms with van der Waals surface area (Å²) in [6.45, 7) is 3.21. The molecule has 4 rings (SSSR count). The third kappa shape index (κ3) is 5.03. The van der Waals surface area contributed by atoms with Crippen LogP contribution >= 0.6 is 23.1 Å². The summed E-state index contributed by atoms with van der Waals surface area (Å²) >= 11 is 3.50. The van der Waals surface area contributed by atoms with Crippen molar-refractivity contribution in [3.63, 3.8) is 0 Å². The standard InChI is InChI=1S/C22H25N3O2S2/c1-27-17-9-10-19-20(16-17)29-22(23-19)25-13-11-24(12-14-25)21(26)8-5-15-28-18-6-3-2-4-7-18/h2-4,6-7,9-10,16H,5,8,11-15H2,1H3. The molecule has 1 saturated heterocycles. The van der Waals surface area contributed by atoms with Crippen LogP contribution in [0.1, 0.15) is 12.8 Å². The van der Waals surface area contributed by atoms with E-state index < -0.39 is 0 Å². The van der Waals surface area contributed by atoms with Gasteiger partial charge in [0.25, 0.3) is 0 Å². The molecular formula is C22H25N3O2S2. The van der Waals surface area contributed by atoms with Gasteiger partial charge in [0.15, 0.2) is 5.13 Å². The smallest absolute Gasteiger partial charge is 0.222 e. The monoisotopic (exact) mass is 427 g/mol. The molecule has 0 radical (unpaired) electrons. The van der Waals surface area contributed by atoms with Gasteiger partial charge in [0, 0.05) is 37.5 Å². The van der Waals surface area contributed by atoms with E-state index in [1.165, 1.54) is 4.90 Å². The van der Waals surface area contributed by atoms with Crippen molar-refractivity contribution >= 4 is 44.4 Å². The molecule has 2 heterocycles. The predicted octanol–water partition coefficient (Wildman–Crippen LogP) is 4.53. The molecule has 0 atom stereocenters. The maximum absolute atomic E-state index is 12.5. The Labute approximate surface area is 179 Å². The topological polar surface area (TPSA) is 45.7 Å². The van der Waals surface area contributed by atoms with Gasteiger partial charge in [-0.05, 0) is 42.5 Å². The number of hydrogen-bond donors (Lipinski definition) is 0. The molecule has 0 spiro atoms. The highest BCUT2D eigenvalue weighted by Crippen LogP contribution is 2.32. The van der Waals surface area contributed by atoms with Gasteiger partial charge < -0.3 is 14.5 Å². The lowest BCUT2D eigenvalue weighted by atomic mass is 10.2. The number of nitrogens with zero attached hydrogens (tertiary/aromatic N) is 3. The summed E-state index contributed by atoms with van der Waals surface area (Å²) in [6.07, 6.45) is 1.54. The maximum atomic E-state index is 12.5. The van der Waals surface area contributed by atoms with E-state index in [0.717, 1.165) is 59.5 Å². The Morgan fingerprint density at radius 1 is 1.14 bits per heavy atom. The Kier molecular flexibility index (Phi) is 6.56. The number of fused-ring (bicyclic) bond motifs is 1. The van der Waals surface area contributed by atoms with Crippen LogP contribution in [-0.2, 0) is 4.79 Å².